The van der Waals surface area contributed by atoms with Crippen LogP contribution in [0.5, 0.6) is 0 Å². The first-order valence-corrected chi connectivity index (χ1v) is 26.8. The fourth-order valence-corrected chi connectivity index (χ4v) is 7.98. The van der Waals surface area contributed by atoms with Gasteiger partial charge in [-0.1, -0.05) is 24.3 Å². The number of hydrogen-bond acceptors (Lipinski definition) is 34. The molecule has 0 radical (unpaired) electrons. The molecule has 4 aromatic rings. The third-order valence-electron chi connectivity index (χ3n) is 9.65. The van der Waals surface area contributed by atoms with Gasteiger partial charge >= 0.3 is 118 Å². The molecule has 0 spiro atoms. The number of aliphatic hydroxyl groups excluding tert-OH is 10. The fourth-order valence-electron chi connectivity index (χ4n) is 5.89. The van der Waals surface area contributed by atoms with E-state index in [1.54, 1.807) is 0 Å². The minimum Gasteiger partial charge on any atom is -0.748 e. The summed E-state index contributed by atoms with van der Waals surface area (Å²) in [6, 6.07) is 6.02. The number of nitrogens with zero attached hydrogens (tertiary/aromatic N) is 6. The molecule has 0 bridgehead atoms. The zero-order valence-electron chi connectivity index (χ0n) is 41.6. The summed E-state index contributed by atoms with van der Waals surface area (Å²) in [6.45, 7) is -4.30. The third-order valence-corrected chi connectivity index (χ3v) is 12.8. The monoisotopic (exact) mass is 1220 g/mol. The van der Waals surface area contributed by atoms with Crippen LogP contribution in [0.4, 0.5) is 47.1 Å². The van der Waals surface area contributed by atoms with E-state index >= 15 is 0 Å². The molecule has 0 aliphatic carbocycles. The van der Waals surface area contributed by atoms with E-state index < -0.39 is 186 Å². The second-order valence-electron chi connectivity index (χ2n) is 15.3. The maximum absolute atomic E-state index is 12.5. The van der Waals surface area contributed by atoms with Gasteiger partial charge in [0.25, 0.3) is 0 Å². The van der Waals surface area contributed by atoms with E-state index in [2.05, 4.69) is 61.8 Å². The largest absolute Gasteiger partial charge is 1.00 e. The minimum absolute atomic E-state index is 0. The Morgan fingerprint density at radius 2 is 0.718 bits per heavy atom. The van der Waals surface area contributed by atoms with Crippen LogP contribution in [0.15, 0.2) is 46.2 Å². The summed E-state index contributed by atoms with van der Waals surface area (Å²) < 4.78 is 142. The topological polar surface area (TPSA) is 581 Å². The summed E-state index contributed by atoms with van der Waals surface area (Å²) in [5.41, 5.74) is -1.16. The van der Waals surface area contributed by atoms with Gasteiger partial charge in [0.2, 0.25) is 35.7 Å². The molecule has 16 N–H and O–H groups in total. The van der Waals surface area contributed by atoms with Crippen LogP contribution in [0, 0.1) is 0 Å². The summed E-state index contributed by atoms with van der Waals surface area (Å²) in [5.74, 6) is -4.53. The Hall–Kier alpha value is -1.76. The predicted molar refractivity (Wildman–Crippen MR) is 249 cm³/mol. The zero-order valence-corrected chi connectivity index (χ0v) is 52.8. The average molecular weight is 1220 g/mol. The second-order valence-corrected chi connectivity index (χ2v) is 21.1. The maximum atomic E-state index is 12.5. The molecule has 0 saturated carbocycles. The van der Waals surface area contributed by atoms with Gasteiger partial charge in [-0.3, -0.25) is 0 Å². The average Bonchev–Trinajstić information content (AvgIpc) is 3.31. The van der Waals surface area contributed by atoms with Gasteiger partial charge in [0.05, 0.1) is 67.0 Å². The van der Waals surface area contributed by atoms with Crippen molar-refractivity contribution in [2.75, 3.05) is 82.8 Å². The van der Waals surface area contributed by atoms with Crippen LogP contribution in [0.25, 0.3) is 12.2 Å². The first kappa shape index (κ1) is 76.2. The number of nitrogens with one attached hydrogen (secondary N) is 6. The SMILES string of the molecule is O=S(=O)([O-])CCNc1nc(NCC(O)C(O)C(O)C(O)CO)nc(Nc2ccc(C=Cc3ccc(Nc4nc(NCCS(=O)(=O)[O-])nc(NCC(O)C(O)C(O)C(O)CO)n4)cc3S(=O)(=O)[O-])c(S(=O)(=O)[O-])c2)n1.[Na+].[Na+].[Na+].[Na+]. The molecular weight excluding hydrogens is 1170 g/mol. The van der Waals surface area contributed by atoms with Crippen molar-refractivity contribution in [3.8, 4) is 0 Å². The third kappa shape index (κ3) is 25.4. The summed E-state index contributed by atoms with van der Waals surface area (Å²) in [7, 11) is -20.2. The summed E-state index contributed by atoms with van der Waals surface area (Å²) in [5, 5.41) is 113. The molecule has 8 unspecified atom stereocenters. The molecule has 2 aromatic heterocycles. The number of anilines is 8. The maximum Gasteiger partial charge on any atom is 1.00 e. The van der Waals surface area contributed by atoms with Crippen molar-refractivity contribution >= 4 is 99.7 Å². The normalized spacial score (nSPS) is 15.0. The van der Waals surface area contributed by atoms with E-state index in [0.29, 0.717) is 0 Å². The van der Waals surface area contributed by atoms with Crippen LogP contribution in [0.2, 0.25) is 0 Å². The number of rotatable bonds is 30. The Kier molecular flexibility index (Phi) is 33.4. The first-order chi connectivity index (χ1) is 34.4. The standard InChI is InChI=1S/C36H52N12O22S4.4Na/c49-15-23(53)29(57)27(55)21(51)13-39-33-43-31(37-7-9-71(59,60)61)45-35(47-33)41-19-5-3-17(25(11-19)73(65,66)67)1-2-18-4-6-20(12-26(18)74(68,69)70)42-36-46-32(38-8-10-72(62,63)64)44-34(48-36)40-14-22(52)28(56)30(58)24(54)16-50;;;;/h1-6,11-12,21-24,27-30,49-58H,7-10,13-16H2,(H,59,60,61)(H,62,63,64)(H,65,66,67)(H,68,69,70)(H3,37,39,41,43,45,47)(H3,38,40,42,44,46,48);;;;/q;4*+1/p-4. The van der Waals surface area contributed by atoms with Crippen LogP contribution in [-0.4, -0.2) is 233 Å². The van der Waals surface area contributed by atoms with Crippen LogP contribution in [0.1, 0.15) is 11.1 Å². The van der Waals surface area contributed by atoms with Crippen molar-refractivity contribution in [2.24, 2.45) is 0 Å². The molecule has 2 heterocycles. The van der Waals surface area contributed by atoms with Gasteiger partial charge in [0.15, 0.2) is 0 Å². The summed E-state index contributed by atoms with van der Waals surface area (Å²) in [6.07, 6.45) is -13.5. The van der Waals surface area contributed by atoms with E-state index in [4.69, 9.17) is 10.2 Å². The molecule has 0 aliphatic heterocycles. The molecule has 0 saturated heterocycles. The Balaban J connectivity index is 0.0000148. The molecule has 42 heteroatoms. The molecule has 0 fully saturated rings. The van der Waals surface area contributed by atoms with Gasteiger partial charge in [-0.2, -0.15) is 29.9 Å². The molecule has 412 valence electrons. The van der Waals surface area contributed by atoms with Gasteiger partial charge in [0.1, 0.15) is 56.9 Å². The molecule has 0 amide bonds. The van der Waals surface area contributed by atoms with Gasteiger partial charge in [0, 0.05) is 37.6 Å². The van der Waals surface area contributed by atoms with E-state index in [1.165, 1.54) is 12.1 Å². The minimum atomic E-state index is -5.39. The van der Waals surface area contributed by atoms with Gasteiger partial charge < -0.3 is 101 Å². The van der Waals surface area contributed by atoms with Crippen molar-refractivity contribution in [2.45, 2.75) is 58.6 Å². The van der Waals surface area contributed by atoms with E-state index in [9.17, 15) is 92.7 Å². The summed E-state index contributed by atoms with van der Waals surface area (Å²) in [4.78, 5) is 21.9. The van der Waals surface area contributed by atoms with Crippen molar-refractivity contribution < 1.29 is 221 Å². The molecule has 2 aromatic carbocycles. The van der Waals surface area contributed by atoms with Crippen LogP contribution in [-0.2, 0) is 40.5 Å². The molecule has 4 rings (SSSR count). The molecule has 8 atom stereocenters. The second kappa shape index (κ2) is 34.1. The molecule has 0 aliphatic rings. The summed E-state index contributed by atoms with van der Waals surface area (Å²) >= 11 is 0. The Morgan fingerprint density at radius 3 is 1.00 bits per heavy atom. The van der Waals surface area contributed by atoms with Crippen molar-refractivity contribution in [1.29, 1.82) is 0 Å². The van der Waals surface area contributed by atoms with Crippen LogP contribution >= 0.6 is 0 Å². The van der Waals surface area contributed by atoms with Crippen LogP contribution < -0.4 is 150 Å². The van der Waals surface area contributed by atoms with E-state index in [0.717, 1.165) is 36.4 Å². The Morgan fingerprint density at radius 1 is 0.436 bits per heavy atom. The van der Waals surface area contributed by atoms with Gasteiger partial charge in [-0.05, 0) is 35.4 Å². The quantitative estimate of drug-likeness (QED) is 0.0131. The Labute approximate surface area is 533 Å². The molecular formula is C36H48N12Na4O22S4. The zero-order chi connectivity index (χ0) is 55.3. The molecule has 34 nitrogen and oxygen atoms in total. The number of hydrogen-bond donors (Lipinski definition) is 16. The van der Waals surface area contributed by atoms with Crippen LogP contribution in [0.3, 0.4) is 0 Å². The van der Waals surface area contributed by atoms with Crippen molar-refractivity contribution in [1.82, 2.24) is 29.9 Å². The van der Waals surface area contributed by atoms with Crippen molar-refractivity contribution in [3.05, 3.63) is 47.5 Å². The Bertz CT molecular complexity index is 2860. The van der Waals surface area contributed by atoms with Crippen molar-refractivity contribution in [3.63, 3.8) is 0 Å². The van der Waals surface area contributed by atoms with E-state index in [-0.39, 0.29) is 141 Å². The van der Waals surface area contributed by atoms with E-state index in [1.807, 2.05) is 0 Å². The predicted octanol–water partition coefficient (Wildman–Crippen LogP) is -18.9. The first-order valence-electron chi connectivity index (χ1n) is 20.8. The number of aliphatic hydroxyl groups is 10. The molecule has 78 heavy (non-hydrogen) atoms. The number of aromatic nitrogens is 6. The number of benzene rings is 2. The van der Waals surface area contributed by atoms with Gasteiger partial charge in [-0.15, -0.1) is 0 Å². The van der Waals surface area contributed by atoms with Gasteiger partial charge in [-0.25, -0.2) is 33.7 Å². The smallest absolute Gasteiger partial charge is 0.748 e. The fraction of sp³-hybridized carbons (Fsp3) is 0.444.